The van der Waals surface area contributed by atoms with Gasteiger partial charge < -0.3 is 9.47 Å². The van der Waals surface area contributed by atoms with Crippen LogP contribution < -0.4 is 0 Å². The second-order valence-corrected chi connectivity index (χ2v) is 20.2. The summed E-state index contributed by atoms with van der Waals surface area (Å²) in [5, 5.41) is 0. The molecule has 0 spiro atoms. The van der Waals surface area contributed by atoms with Crippen molar-refractivity contribution in [3.63, 3.8) is 0 Å². The summed E-state index contributed by atoms with van der Waals surface area (Å²) in [7, 11) is 2.12. The SMILES string of the molecule is CC(=O)OC(CN(C)Cc1ccc(C)cc1)C12CCC3C(CCC4C3(C)CCC3C(C)C(OC(=O)CC(C)(C)C)CCC34C)C1=C(C(C)C)C(=O)C2. The van der Waals surface area contributed by atoms with Crippen LogP contribution in [-0.4, -0.2) is 48.4 Å². The molecule has 52 heavy (non-hydrogen) atoms. The van der Waals surface area contributed by atoms with Crippen LogP contribution in [0.5, 0.6) is 0 Å². The minimum absolute atomic E-state index is 0.00882. The maximum absolute atomic E-state index is 14.2. The summed E-state index contributed by atoms with van der Waals surface area (Å²) in [4.78, 5) is 42.3. The van der Waals surface area contributed by atoms with Crippen molar-refractivity contribution < 1.29 is 23.9 Å². The Morgan fingerprint density at radius 3 is 2.21 bits per heavy atom. The monoisotopic (exact) mass is 716 g/mol. The summed E-state index contributed by atoms with van der Waals surface area (Å²) in [6.07, 6.45) is 9.20. The van der Waals surface area contributed by atoms with E-state index in [0.29, 0.717) is 49.0 Å². The van der Waals surface area contributed by atoms with Gasteiger partial charge in [-0.2, -0.15) is 0 Å². The van der Waals surface area contributed by atoms with Crippen LogP contribution in [0.4, 0.5) is 0 Å². The van der Waals surface area contributed by atoms with Crippen molar-refractivity contribution in [2.45, 2.75) is 152 Å². The third-order valence-corrected chi connectivity index (χ3v) is 15.1. The normalized spacial score (nSPS) is 36.5. The van der Waals surface area contributed by atoms with Gasteiger partial charge in [-0.05, 0) is 134 Å². The topological polar surface area (TPSA) is 72.9 Å². The molecule has 0 N–H and O–H groups in total. The number of likely N-dealkylation sites (N-methyl/N-ethyl adjacent to an activating group) is 1. The van der Waals surface area contributed by atoms with E-state index in [0.717, 1.165) is 50.6 Å². The third kappa shape index (κ3) is 7.08. The molecule has 6 heteroatoms. The van der Waals surface area contributed by atoms with Crippen LogP contribution in [-0.2, 0) is 30.4 Å². The van der Waals surface area contributed by atoms with Crippen LogP contribution in [0.15, 0.2) is 35.4 Å². The minimum atomic E-state index is -0.446. The number of benzene rings is 1. The average molecular weight is 716 g/mol. The van der Waals surface area contributed by atoms with Crippen molar-refractivity contribution in [3.05, 3.63) is 46.5 Å². The summed E-state index contributed by atoms with van der Waals surface area (Å²) in [5.41, 5.74) is 4.75. The van der Waals surface area contributed by atoms with E-state index in [9.17, 15) is 14.4 Å². The molecule has 0 bridgehead atoms. The second-order valence-electron chi connectivity index (χ2n) is 20.2. The number of aryl methyl sites for hydroxylation is 1. The predicted octanol–water partition coefficient (Wildman–Crippen LogP) is 9.91. The van der Waals surface area contributed by atoms with E-state index in [1.807, 2.05) is 0 Å². The first-order valence-electron chi connectivity index (χ1n) is 20.7. The molecular formula is C46H69NO5. The van der Waals surface area contributed by atoms with Gasteiger partial charge in [0.25, 0.3) is 0 Å². The van der Waals surface area contributed by atoms with Crippen LogP contribution in [0, 0.1) is 64.1 Å². The first-order chi connectivity index (χ1) is 24.3. The maximum atomic E-state index is 14.2. The van der Waals surface area contributed by atoms with Crippen LogP contribution >= 0.6 is 0 Å². The van der Waals surface area contributed by atoms with Crippen molar-refractivity contribution in [1.82, 2.24) is 4.90 Å². The lowest BCUT2D eigenvalue weighted by molar-refractivity contribution is -0.193. The standard InChI is InChI=1S/C46H69NO5/c1-28(2)41-36(49)24-46(39(51-31(5)48)27-47(11)26-32-14-12-29(3)13-15-32)23-19-35-33(42(41)46)16-17-38-44(9)22-20-37(52-40(50)25-43(6,7)8)30(4)34(44)18-21-45(35,38)10/h12-15,28,30,33-35,37-39H,16-27H2,1-11H3. The fourth-order valence-corrected chi connectivity index (χ4v) is 13.0. The third-order valence-electron chi connectivity index (χ3n) is 15.1. The summed E-state index contributed by atoms with van der Waals surface area (Å²) >= 11 is 0. The zero-order valence-electron chi connectivity index (χ0n) is 34.4. The van der Waals surface area contributed by atoms with Gasteiger partial charge in [0, 0.05) is 31.8 Å². The molecule has 0 radical (unpaired) electrons. The predicted molar refractivity (Wildman–Crippen MR) is 207 cm³/mol. The zero-order valence-corrected chi connectivity index (χ0v) is 34.4. The molecule has 0 saturated heterocycles. The lowest BCUT2D eigenvalue weighted by Gasteiger charge is -2.67. The Morgan fingerprint density at radius 2 is 1.58 bits per heavy atom. The number of fused-ring (bicyclic) bond motifs is 7. The molecule has 5 aliphatic carbocycles. The number of carbonyl (C=O) groups excluding carboxylic acids is 3. The molecule has 6 rings (SSSR count). The number of ketones is 1. The van der Waals surface area contributed by atoms with Crippen LogP contribution in [0.3, 0.4) is 0 Å². The molecule has 5 aliphatic rings. The molecule has 0 heterocycles. The van der Waals surface area contributed by atoms with Gasteiger partial charge in [-0.3, -0.25) is 19.3 Å². The molecule has 0 aliphatic heterocycles. The number of hydrogen-bond acceptors (Lipinski definition) is 6. The van der Waals surface area contributed by atoms with E-state index in [2.05, 4.69) is 98.5 Å². The Labute approximate surface area is 315 Å². The lowest BCUT2D eigenvalue weighted by atomic mass is 9.38. The first kappa shape index (κ1) is 39.2. The van der Waals surface area contributed by atoms with Crippen LogP contribution in [0.1, 0.15) is 138 Å². The van der Waals surface area contributed by atoms with E-state index in [1.54, 1.807) is 0 Å². The molecule has 10 unspecified atom stereocenters. The molecule has 288 valence electrons. The Bertz CT molecular complexity index is 1550. The van der Waals surface area contributed by atoms with Gasteiger partial charge >= 0.3 is 11.9 Å². The largest absolute Gasteiger partial charge is 0.462 e. The molecule has 6 nitrogen and oxygen atoms in total. The van der Waals surface area contributed by atoms with Gasteiger partial charge in [0.15, 0.2) is 5.78 Å². The summed E-state index contributed by atoms with van der Waals surface area (Å²) < 4.78 is 12.6. The summed E-state index contributed by atoms with van der Waals surface area (Å²) in [5.74, 6) is 2.46. The van der Waals surface area contributed by atoms with E-state index in [1.165, 1.54) is 36.5 Å². The van der Waals surface area contributed by atoms with Gasteiger partial charge in [-0.15, -0.1) is 0 Å². The number of Topliss-reactive ketones (excluding diaryl/α,β-unsaturated/α-hetero) is 1. The highest BCUT2D eigenvalue weighted by Crippen LogP contribution is 2.72. The number of carbonyl (C=O) groups is 3. The number of ether oxygens (including phenoxy) is 2. The van der Waals surface area contributed by atoms with Gasteiger partial charge in [-0.25, -0.2) is 0 Å². The van der Waals surface area contributed by atoms with Gasteiger partial charge in [0.05, 0.1) is 6.42 Å². The highest BCUT2D eigenvalue weighted by Gasteiger charge is 2.66. The summed E-state index contributed by atoms with van der Waals surface area (Å²) in [6, 6.07) is 8.66. The first-order valence-corrected chi connectivity index (χ1v) is 20.7. The van der Waals surface area contributed by atoms with Gasteiger partial charge in [0.1, 0.15) is 12.2 Å². The Morgan fingerprint density at radius 1 is 0.942 bits per heavy atom. The summed E-state index contributed by atoms with van der Waals surface area (Å²) in [6.45, 7) is 23.2. The maximum Gasteiger partial charge on any atom is 0.306 e. The number of hydrogen-bond donors (Lipinski definition) is 0. The Hall–Kier alpha value is -2.47. The Balaban J connectivity index is 1.28. The average Bonchev–Trinajstić information content (AvgIpc) is 3.35. The van der Waals surface area contributed by atoms with Gasteiger partial charge in [0.2, 0.25) is 0 Å². The molecule has 1 aromatic carbocycles. The zero-order chi connectivity index (χ0) is 38.0. The number of rotatable bonds is 9. The second kappa shape index (κ2) is 14.3. The van der Waals surface area contributed by atoms with Crippen molar-refractivity contribution in [2.75, 3.05) is 13.6 Å². The van der Waals surface area contributed by atoms with Crippen molar-refractivity contribution >= 4 is 17.7 Å². The molecule has 4 saturated carbocycles. The highest BCUT2D eigenvalue weighted by molar-refractivity contribution is 6.00. The quantitative estimate of drug-likeness (QED) is 0.237. The fraction of sp³-hybridized carbons (Fsp3) is 0.761. The van der Waals surface area contributed by atoms with Gasteiger partial charge in [-0.1, -0.05) is 85.2 Å². The molecule has 0 aromatic heterocycles. The Kier molecular flexibility index (Phi) is 10.8. The number of esters is 2. The van der Waals surface area contributed by atoms with E-state index < -0.39 is 5.41 Å². The van der Waals surface area contributed by atoms with E-state index >= 15 is 0 Å². The minimum Gasteiger partial charge on any atom is -0.462 e. The number of allylic oxidation sites excluding steroid dienone is 1. The smallest absolute Gasteiger partial charge is 0.306 e. The van der Waals surface area contributed by atoms with E-state index in [4.69, 9.17) is 9.47 Å². The fourth-order valence-electron chi connectivity index (χ4n) is 13.0. The van der Waals surface area contributed by atoms with E-state index in [-0.39, 0.29) is 52.1 Å². The number of nitrogens with zero attached hydrogens (tertiary/aromatic N) is 1. The van der Waals surface area contributed by atoms with Crippen LogP contribution in [0.25, 0.3) is 0 Å². The lowest BCUT2D eigenvalue weighted by Crippen LogP contribution is -2.61. The molecule has 4 fully saturated rings. The van der Waals surface area contributed by atoms with Crippen molar-refractivity contribution in [3.8, 4) is 0 Å². The molecular weight excluding hydrogens is 647 g/mol. The van der Waals surface area contributed by atoms with Crippen molar-refractivity contribution in [2.24, 2.45) is 57.2 Å². The molecule has 10 atom stereocenters. The highest BCUT2D eigenvalue weighted by atomic mass is 16.5. The molecule has 1 aromatic rings. The molecule has 0 amide bonds. The van der Waals surface area contributed by atoms with Crippen molar-refractivity contribution in [1.29, 1.82) is 0 Å². The van der Waals surface area contributed by atoms with Crippen LogP contribution in [0.2, 0.25) is 0 Å².